The maximum atomic E-state index is 12.4. The largest absolute Gasteiger partial charge is 0.311 e. The number of likely N-dealkylation sites (tertiary alicyclic amines) is 1. The van der Waals surface area contributed by atoms with Gasteiger partial charge >= 0.3 is 0 Å². The fourth-order valence-corrected chi connectivity index (χ4v) is 4.99. The van der Waals surface area contributed by atoms with Gasteiger partial charge in [-0.2, -0.15) is 0 Å². The van der Waals surface area contributed by atoms with Gasteiger partial charge in [0, 0.05) is 41.9 Å². The molecule has 5 rings (SSSR count). The molecule has 1 aliphatic carbocycles. The summed E-state index contributed by atoms with van der Waals surface area (Å²) >= 11 is 0. The van der Waals surface area contributed by atoms with E-state index in [4.69, 9.17) is 4.98 Å². The van der Waals surface area contributed by atoms with Crippen molar-refractivity contribution >= 4 is 5.65 Å². The summed E-state index contributed by atoms with van der Waals surface area (Å²) in [5.74, 6) is 0.685. The maximum Gasteiger partial charge on any atom is 0.272 e. The minimum atomic E-state index is -0.0881. The molecule has 8 nitrogen and oxygen atoms in total. The number of aromatic amines is 2. The second-order valence-corrected chi connectivity index (χ2v) is 8.29. The topological polar surface area (TPSA) is 99.2 Å². The predicted molar refractivity (Wildman–Crippen MR) is 105 cm³/mol. The van der Waals surface area contributed by atoms with Crippen LogP contribution >= 0.6 is 0 Å². The Bertz CT molecular complexity index is 1190. The van der Waals surface area contributed by atoms with Crippen LogP contribution in [0.5, 0.6) is 0 Å². The van der Waals surface area contributed by atoms with Gasteiger partial charge in [0.15, 0.2) is 5.65 Å². The first-order chi connectivity index (χ1) is 13.4. The molecule has 2 aliphatic rings. The van der Waals surface area contributed by atoms with Crippen LogP contribution in [0.15, 0.2) is 21.7 Å². The van der Waals surface area contributed by atoms with E-state index in [9.17, 15) is 9.59 Å². The number of fused-ring (bicyclic) bond motifs is 3. The lowest BCUT2D eigenvalue weighted by Crippen LogP contribution is -2.45. The van der Waals surface area contributed by atoms with Gasteiger partial charge in [0.1, 0.15) is 5.82 Å². The third-order valence-electron chi connectivity index (χ3n) is 6.16. The van der Waals surface area contributed by atoms with E-state index in [1.54, 1.807) is 6.07 Å². The van der Waals surface area contributed by atoms with Crippen molar-refractivity contribution in [3.8, 4) is 0 Å². The highest BCUT2D eigenvalue weighted by atomic mass is 16.1. The summed E-state index contributed by atoms with van der Waals surface area (Å²) in [6.07, 6.45) is 3.86. The summed E-state index contributed by atoms with van der Waals surface area (Å²) in [4.78, 5) is 39.3. The minimum Gasteiger partial charge on any atom is -0.311 e. The molecule has 0 saturated carbocycles. The normalized spacial score (nSPS) is 22.2. The van der Waals surface area contributed by atoms with Crippen LogP contribution in [0.3, 0.4) is 0 Å². The standard InChI is InChI=1S/C20H24N6O2/c1-12-8-16-23-14(9-17(27)26(16)24-12)10-25-7-3-5-20(11-25)6-4-15-18(20)21-13(2)22-19(15)28/h8-9,24H,3-7,10-11H2,1-2H3,(H,21,22,28). The highest BCUT2D eigenvalue weighted by Crippen LogP contribution is 2.43. The second-order valence-electron chi connectivity index (χ2n) is 8.29. The molecular formula is C20H24N6O2. The molecule has 0 amide bonds. The van der Waals surface area contributed by atoms with E-state index >= 15 is 0 Å². The lowest BCUT2D eigenvalue weighted by Gasteiger charge is -2.40. The minimum absolute atomic E-state index is 0.0134. The van der Waals surface area contributed by atoms with Crippen molar-refractivity contribution in [3.63, 3.8) is 0 Å². The zero-order chi connectivity index (χ0) is 19.5. The van der Waals surface area contributed by atoms with Crippen molar-refractivity contribution in [2.45, 2.75) is 51.5 Å². The molecule has 1 unspecified atom stereocenters. The summed E-state index contributed by atoms with van der Waals surface area (Å²) in [5.41, 5.74) is 4.06. The molecular weight excluding hydrogens is 356 g/mol. The highest BCUT2D eigenvalue weighted by Gasteiger charge is 2.44. The Morgan fingerprint density at radius 3 is 2.89 bits per heavy atom. The lowest BCUT2D eigenvalue weighted by molar-refractivity contribution is 0.135. The Kier molecular flexibility index (Phi) is 3.80. The number of rotatable bonds is 2. The van der Waals surface area contributed by atoms with Gasteiger partial charge in [0.05, 0.1) is 11.4 Å². The molecule has 3 aromatic rings. The molecule has 1 fully saturated rings. The van der Waals surface area contributed by atoms with Crippen molar-refractivity contribution in [1.82, 2.24) is 29.5 Å². The van der Waals surface area contributed by atoms with Crippen molar-refractivity contribution < 1.29 is 0 Å². The second kappa shape index (κ2) is 6.13. The fourth-order valence-electron chi connectivity index (χ4n) is 4.99. The van der Waals surface area contributed by atoms with E-state index in [-0.39, 0.29) is 16.5 Å². The summed E-state index contributed by atoms with van der Waals surface area (Å²) in [7, 11) is 0. The van der Waals surface area contributed by atoms with Gasteiger partial charge in [-0.25, -0.2) is 14.5 Å². The number of hydrogen-bond acceptors (Lipinski definition) is 5. The molecule has 1 saturated heterocycles. The monoisotopic (exact) mass is 380 g/mol. The molecule has 3 aromatic heterocycles. The average Bonchev–Trinajstić information content (AvgIpc) is 3.16. The van der Waals surface area contributed by atoms with Crippen molar-refractivity contribution in [3.05, 3.63) is 61.3 Å². The molecule has 0 bridgehead atoms. The number of nitrogens with zero attached hydrogens (tertiary/aromatic N) is 4. The Morgan fingerprint density at radius 2 is 2.04 bits per heavy atom. The first-order valence-corrected chi connectivity index (χ1v) is 9.84. The molecule has 1 atom stereocenters. The molecule has 0 radical (unpaired) electrons. The number of hydrogen-bond donors (Lipinski definition) is 2. The van der Waals surface area contributed by atoms with Gasteiger partial charge in [-0.1, -0.05) is 0 Å². The van der Waals surface area contributed by atoms with Crippen LogP contribution in [0.2, 0.25) is 0 Å². The Hall–Kier alpha value is -2.74. The van der Waals surface area contributed by atoms with E-state index in [1.807, 2.05) is 19.9 Å². The average molecular weight is 380 g/mol. The molecule has 2 N–H and O–H groups in total. The quantitative estimate of drug-likeness (QED) is 0.696. The number of aromatic nitrogens is 5. The van der Waals surface area contributed by atoms with E-state index in [0.717, 1.165) is 61.4 Å². The van der Waals surface area contributed by atoms with Gasteiger partial charge in [-0.15, -0.1) is 0 Å². The lowest BCUT2D eigenvalue weighted by atomic mass is 9.77. The first-order valence-electron chi connectivity index (χ1n) is 9.84. The van der Waals surface area contributed by atoms with Crippen molar-refractivity contribution in [2.75, 3.05) is 13.1 Å². The Balaban J connectivity index is 1.45. The smallest absolute Gasteiger partial charge is 0.272 e. The highest BCUT2D eigenvalue weighted by molar-refractivity contribution is 5.39. The Morgan fingerprint density at radius 1 is 1.18 bits per heavy atom. The fraction of sp³-hybridized carbons (Fsp3) is 0.500. The molecule has 0 aromatic carbocycles. The van der Waals surface area contributed by atoms with Crippen LogP contribution in [0.4, 0.5) is 0 Å². The summed E-state index contributed by atoms with van der Waals surface area (Å²) in [6.45, 7) is 6.21. The van der Waals surface area contributed by atoms with E-state index < -0.39 is 0 Å². The third kappa shape index (κ3) is 2.71. The molecule has 1 aliphatic heterocycles. The number of nitrogens with one attached hydrogen (secondary N) is 2. The van der Waals surface area contributed by atoms with E-state index in [1.165, 1.54) is 4.52 Å². The molecule has 146 valence electrons. The zero-order valence-corrected chi connectivity index (χ0v) is 16.2. The molecule has 1 spiro atoms. The summed E-state index contributed by atoms with van der Waals surface area (Å²) < 4.78 is 1.47. The Labute approximate surface area is 161 Å². The van der Waals surface area contributed by atoms with Gasteiger partial charge in [-0.05, 0) is 46.1 Å². The first kappa shape index (κ1) is 17.4. The van der Waals surface area contributed by atoms with Gasteiger partial charge in [0.2, 0.25) is 0 Å². The van der Waals surface area contributed by atoms with Crippen LogP contribution in [0.1, 0.15) is 47.7 Å². The van der Waals surface area contributed by atoms with Gasteiger partial charge in [-0.3, -0.25) is 19.6 Å². The van der Waals surface area contributed by atoms with Crippen LogP contribution in [-0.2, 0) is 18.4 Å². The molecule has 28 heavy (non-hydrogen) atoms. The zero-order valence-electron chi connectivity index (χ0n) is 16.2. The van der Waals surface area contributed by atoms with Crippen LogP contribution in [0, 0.1) is 13.8 Å². The molecule has 4 heterocycles. The van der Waals surface area contributed by atoms with Crippen molar-refractivity contribution in [1.29, 1.82) is 0 Å². The summed E-state index contributed by atoms with van der Waals surface area (Å²) in [6, 6.07) is 3.49. The number of aryl methyl sites for hydroxylation is 2. The van der Waals surface area contributed by atoms with Crippen molar-refractivity contribution in [2.24, 2.45) is 0 Å². The molecule has 8 heteroatoms. The van der Waals surface area contributed by atoms with Crippen LogP contribution in [0.25, 0.3) is 5.65 Å². The van der Waals surface area contributed by atoms with Crippen LogP contribution in [-0.4, -0.2) is 42.6 Å². The van der Waals surface area contributed by atoms with Crippen LogP contribution < -0.4 is 11.1 Å². The summed E-state index contributed by atoms with van der Waals surface area (Å²) in [5, 5.41) is 3.01. The van der Waals surface area contributed by atoms with E-state index in [0.29, 0.717) is 18.0 Å². The maximum absolute atomic E-state index is 12.4. The third-order valence-corrected chi connectivity index (χ3v) is 6.16. The number of H-pyrrole nitrogens is 2. The van der Waals surface area contributed by atoms with Gasteiger partial charge < -0.3 is 4.98 Å². The van der Waals surface area contributed by atoms with E-state index in [2.05, 4.69) is 20.0 Å². The predicted octanol–water partition coefficient (Wildman–Crippen LogP) is 1.20. The SMILES string of the molecule is Cc1cc2nc(CN3CCCC4(CCc5c4nc(C)[nH]c5=O)C3)cc(=O)n2[nH]1. The van der Waals surface area contributed by atoms with Gasteiger partial charge in [0.25, 0.3) is 11.1 Å². The number of piperidine rings is 1.